The molecule has 4 aromatic rings. The molecule has 0 bridgehead atoms. The molecular weight excluding hydrogens is 358 g/mol. The number of carbonyl (C=O) groups is 1. The summed E-state index contributed by atoms with van der Waals surface area (Å²) in [6.45, 7) is 1.02. The average molecular weight is 375 g/mol. The lowest BCUT2D eigenvalue weighted by atomic mass is 10.0. The van der Waals surface area contributed by atoms with Gasteiger partial charge in [-0.05, 0) is 12.1 Å². The predicted octanol–water partition coefficient (Wildman–Crippen LogP) is 2.93. The minimum atomic E-state index is -0.138. The number of nitrogens with zero attached hydrogens (tertiary/aromatic N) is 5. The lowest BCUT2D eigenvalue weighted by Crippen LogP contribution is -2.36. The van der Waals surface area contributed by atoms with Crippen LogP contribution in [0.4, 0.5) is 0 Å². The minimum Gasteiger partial charge on any atom is -0.459 e. The zero-order valence-corrected chi connectivity index (χ0v) is 15.2. The molecule has 1 amide bonds. The highest BCUT2D eigenvalue weighted by Gasteiger charge is 2.30. The number of hydrogen-bond donors (Lipinski definition) is 0. The van der Waals surface area contributed by atoms with E-state index in [0.717, 1.165) is 16.8 Å². The van der Waals surface area contributed by atoms with Crippen LogP contribution >= 0.6 is 0 Å². The maximum absolute atomic E-state index is 12.7. The van der Waals surface area contributed by atoms with Gasteiger partial charge in [0.15, 0.2) is 11.5 Å². The zero-order valence-electron chi connectivity index (χ0n) is 15.2. The molecule has 4 heterocycles. The molecule has 1 aliphatic rings. The van der Waals surface area contributed by atoms with Crippen molar-refractivity contribution in [3.8, 4) is 23.0 Å². The first-order valence-corrected chi connectivity index (χ1v) is 8.98. The van der Waals surface area contributed by atoms with Gasteiger partial charge < -0.3 is 13.8 Å². The molecule has 0 aliphatic carbocycles. The number of amides is 1. The molecule has 8 nitrogen and oxygen atoms in total. The molecule has 0 atom stereocenters. The van der Waals surface area contributed by atoms with E-state index < -0.39 is 0 Å². The smallest absolute Gasteiger partial charge is 0.289 e. The molecule has 0 radical (unpaired) electrons. The Hall–Kier alpha value is -3.68. The van der Waals surface area contributed by atoms with E-state index in [1.807, 2.05) is 42.1 Å². The number of benzene rings is 1. The Labute approximate surface area is 160 Å². The maximum Gasteiger partial charge on any atom is 0.289 e. The Bertz CT molecular complexity index is 1130. The van der Waals surface area contributed by atoms with E-state index in [4.69, 9.17) is 8.94 Å². The SMILES string of the molecule is Cn1nc(-c2nc(-c3ccccc3)no2)c2c1CCN(C(=O)c1ccco1)C2. The van der Waals surface area contributed by atoms with E-state index in [0.29, 0.717) is 42.7 Å². The van der Waals surface area contributed by atoms with Crippen LogP contribution < -0.4 is 0 Å². The molecule has 0 fully saturated rings. The lowest BCUT2D eigenvalue weighted by molar-refractivity contribution is 0.0701. The fraction of sp³-hybridized carbons (Fsp3) is 0.200. The Morgan fingerprint density at radius 1 is 1.14 bits per heavy atom. The van der Waals surface area contributed by atoms with Crippen LogP contribution in [0, 0.1) is 0 Å². The molecule has 28 heavy (non-hydrogen) atoms. The standard InChI is InChI=1S/C20H17N5O3/c1-24-15-9-10-25(20(26)16-8-5-11-27-16)12-14(15)17(22-24)19-21-18(23-28-19)13-6-3-2-4-7-13/h2-8,11H,9-10,12H2,1H3. The van der Waals surface area contributed by atoms with Crippen LogP contribution in [0.2, 0.25) is 0 Å². The Morgan fingerprint density at radius 2 is 2.00 bits per heavy atom. The van der Waals surface area contributed by atoms with Crippen molar-refractivity contribution in [2.45, 2.75) is 13.0 Å². The van der Waals surface area contributed by atoms with Gasteiger partial charge in [-0.3, -0.25) is 9.48 Å². The van der Waals surface area contributed by atoms with Crippen LogP contribution in [0.1, 0.15) is 21.8 Å². The Balaban J connectivity index is 1.49. The van der Waals surface area contributed by atoms with E-state index in [1.54, 1.807) is 17.0 Å². The van der Waals surface area contributed by atoms with Gasteiger partial charge in [0.05, 0.1) is 12.8 Å². The van der Waals surface area contributed by atoms with Gasteiger partial charge in [-0.15, -0.1) is 0 Å². The van der Waals surface area contributed by atoms with Crippen molar-refractivity contribution in [2.24, 2.45) is 7.05 Å². The molecule has 0 saturated carbocycles. The summed E-state index contributed by atoms with van der Waals surface area (Å²) in [6, 6.07) is 13.0. The van der Waals surface area contributed by atoms with Crippen molar-refractivity contribution in [1.82, 2.24) is 24.8 Å². The van der Waals surface area contributed by atoms with Gasteiger partial charge in [-0.1, -0.05) is 35.5 Å². The Morgan fingerprint density at radius 3 is 2.79 bits per heavy atom. The van der Waals surface area contributed by atoms with E-state index in [1.165, 1.54) is 6.26 Å². The summed E-state index contributed by atoms with van der Waals surface area (Å²) in [5.74, 6) is 1.05. The van der Waals surface area contributed by atoms with Gasteiger partial charge in [0.2, 0.25) is 5.82 Å². The lowest BCUT2D eigenvalue weighted by Gasteiger charge is -2.26. The molecular formula is C20H17N5O3. The van der Waals surface area contributed by atoms with Gasteiger partial charge in [0.1, 0.15) is 0 Å². The van der Waals surface area contributed by atoms with Crippen LogP contribution in [0.15, 0.2) is 57.7 Å². The monoisotopic (exact) mass is 375 g/mol. The highest BCUT2D eigenvalue weighted by molar-refractivity contribution is 5.91. The highest BCUT2D eigenvalue weighted by Crippen LogP contribution is 2.30. The molecule has 0 N–H and O–H groups in total. The Kier molecular flexibility index (Phi) is 3.82. The molecule has 3 aromatic heterocycles. The first-order valence-electron chi connectivity index (χ1n) is 8.98. The minimum absolute atomic E-state index is 0.138. The van der Waals surface area contributed by atoms with Crippen molar-refractivity contribution in [3.05, 3.63) is 65.7 Å². The van der Waals surface area contributed by atoms with Gasteiger partial charge in [-0.2, -0.15) is 10.1 Å². The van der Waals surface area contributed by atoms with E-state index in [9.17, 15) is 4.79 Å². The van der Waals surface area contributed by atoms with Gasteiger partial charge >= 0.3 is 0 Å². The number of aromatic nitrogens is 4. The van der Waals surface area contributed by atoms with Gasteiger partial charge in [0, 0.05) is 36.8 Å². The van der Waals surface area contributed by atoms with Crippen LogP contribution in [0.25, 0.3) is 23.0 Å². The summed E-state index contributed by atoms with van der Waals surface area (Å²) in [5, 5.41) is 8.67. The van der Waals surface area contributed by atoms with Crippen LogP contribution in [0.5, 0.6) is 0 Å². The molecule has 0 saturated heterocycles. The fourth-order valence-corrected chi connectivity index (χ4v) is 3.52. The van der Waals surface area contributed by atoms with Crippen molar-refractivity contribution >= 4 is 5.91 Å². The van der Waals surface area contributed by atoms with Crippen LogP contribution in [0.3, 0.4) is 0 Å². The summed E-state index contributed by atoms with van der Waals surface area (Å²) in [6.07, 6.45) is 2.20. The van der Waals surface area contributed by atoms with Gasteiger partial charge in [0.25, 0.3) is 11.8 Å². The second kappa shape index (κ2) is 6.49. The maximum atomic E-state index is 12.7. The number of fused-ring (bicyclic) bond motifs is 1. The van der Waals surface area contributed by atoms with Crippen molar-refractivity contribution in [1.29, 1.82) is 0 Å². The largest absolute Gasteiger partial charge is 0.459 e. The predicted molar refractivity (Wildman–Crippen MR) is 99.1 cm³/mol. The molecule has 0 unspecified atom stereocenters. The molecule has 1 aromatic carbocycles. The second-order valence-corrected chi connectivity index (χ2v) is 6.64. The first kappa shape index (κ1) is 16.5. The van der Waals surface area contributed by atoms with Gasteiger partial charge in [-0.25, -0.2) is 0 Å². The van der Waals surface area contributed by atoms with Crippen molar-refractivity contribution < 1.29 is 13.7 Å². The van der Waals surface area contributed by atoms with E-state index in [-0.39, 0.29) is 5.91 Å². The number of hydrogen-bond acceptors (Lipinski definition) is 6. The van der Waals surface area contributed by atoms with Crippen LogP contribution in [-0.4, -0.2) is 37.3 Å². The topological polar surface area (TPSA) is 90.2 Å². The quantitative estimate of drug-likeness (QED) is 0.547. The van der Waals surface area contributed by atoms with Crippen molar-refractivity contribution in [2.75, 3.05) is 6.54 Å². The molecule has 0 spiro atoms. The average Bonchev–Trinajstić information content (AvgIpc) is 3.48. The van der Waals surface area contributed by atoms with E-state index in [2.05, 4.69) is 15.2 Å². The molecule has 5 rings (SSSR count). The summed E-state index contributed by atoms with van der Waals surface area (Å²) in [4.78, 5) is 18.9. The van der Waals surface area contributed by atoms with Crippen LogP contribution in [-0.2, 0) is 20.0 Å². The number of carbonyl (C=O) groups excluding carboxylic acids is 1. The number of furan rings is 1. The molecule has 1 aliphatic heterocycles. The summed E-state index contributed by atoms with van der Waals surface area (Å²) < 4.78 is 12.6. The second-order valence-electron chi connectivity index (χ2n) is 6.64. The number of aryl methyl sites for hydroxylation is 1. The third-order valence-electron chi connectivity index (χ3n) is 4.92. The third-order valence-corrected chi connectivity index (χ3v) is 4.92. The normalized spacial score (nSPS) is 13.5. The first-order chi connectivity index (χ1) is 13.7. The zero-order chi connectivity index (χ0) is 19.1. The highest BCUT2D eigenvalue weighted by atomic mass is 16.5. The van der Waals surface area contributed by atoms with E-state index >= 15 is 0 Å². The van der Waals surface area contributed by atoms with Crippen molar-refractivity contribution in [3.63, 3.8) is 0 Å². The summed E-state index contributed by atoms with van der Waals surface area (Å²) in [7, 11) is 1.89. The third kappa shape index (κ3) is 2.70. The number of rotatable bonds is 3. The summed E-state index contributed by atoms with van der Waals surface area (Å²) >= 11 is 0. The summed E-state index contributed by atoms with van der Waals surface area (Å²) in [5.41, 5.74) is 3.48. The molecule has 8 heteroatoms. The molecule has 140 valence electrons. The fourth-order valence-electron chi connectivity index (χ4n) is 3.52.